The maximum absolute atomic E-state index is 12.9. The van der Waals surface area contributed by atoms with Crippen LogP contribution in [0.3, 0.4) is 0 Å². The summed E-state index contributed by atoms with van der Waals surface area (Å²) in [5.41, 5.74) is 7.74. The van der Waals surface area contributed by atoms with Crippen LogP contribution in [0, 0.1) is 0 Å². The van der Waals surface area contributed by atoms with Crippen molar-refractivity contribution < 1.29 is 14.7 Å². The van der Waals surface area contributed by atoms with E-state index in [-0.39, 0.29) is 11.8 Å². The highest BCUT2D eigenvalue weighted by atomic mass is 32.2. The number of nitrogens with zero attached hydrogens (tertiary/aromatic N) is 2. The fourth-order valence-corrected chi connectivity index (χ4v) is 6.17. The summed E-state index contributed by atoms with van der Waals surface area (Å²) in [5.74, 6) is -0.231. The molecule has 3 heterocycles. The van der Waals surface area contributed by atoms with E-state index in [2.05, 4.69) is 32.1 Å². The first kappa shape index (κ1) is 25.1. The predicted octanol–water partition coefficient (Wildman–Crippen LogP) is 2.68. The maximum Gasteiger partial charge on any atom is 0.256 e. The van der Waals surface area contributed by atoms with Crippen LogP contribution in [0.25, 0.3) is 11.6 Å². The van der Waals surface area contributed by atoms with Crippen molar-refractivity contribution in [1.82, 2.24) is 19.5 Å². The van der Waals surface area contributed by atoms with E-state index < -0.39 is 6.61 Å². The molecule has 5 rings (SSSR count). The molecule has 1 aliphatic carbocycles. The Labute approximate surface area is 216 Å². The molecule has 1 fully saturated rings. The van der Waals surface area contributed by atoms with Crippen LogP contribution in [0.4, 0.5) is 5.69 Å². The number of carbonyl (C=O) groups excluding carboxylic acids is 2. The van der Waals surface area contributed by atoms with Gasteiger partial charge in [0.05, 0.1) is 5.57 Å². The van der Waals surface area contributed by atoms with E-state index in [1.165, 1.54) is 29.7 Å². The fraction of sp³-hybridized carbons (Fsp3) is 0.481. The van der Waals surface area contributed by atoms with Crippen LogP contribution in [0.2, 0.25) is 0 Å². The topological polar surface area (TPSA) is 101 Å². The summed E-state index contributed by atoms with van der Waals surface area (Å²) in [6.07, 6.45) is 8.62. The number of H-pyrrole nitrogens is 1. The summed E-state index contributed by atoms with van der Waals surface area (Å²) in [4.78, 5) is 33.5. The molecule has 2 aliphatic heterocycles. The molecule has 1 saturated heterocycles. The van der Waals surface area contributed by atoms with Crippen molar-refractivity contribution in [2.75, 3.05) is 51.7 Å². The van der Waals surface area contributed by atoms with Crippen molar-refractivity contribution >= 4 is 41.1 Å². The Morgan fingerprint density at radius 1 is 1.19 bits per heavy atom. The van der Waals surface area contributed by atoms with E-state index in [1.54, 1.807) is 16.8 Å². The zero-order valence-corrected chi connectivity index (χ0v) is 21.7. The molecule has 2 aromatic rings. The first-order valence-electron chi connectivity index (χ1n) is 12.9. The minimum atomic E-state index is -0.408. The van der Waals surface area contributed by atoms with Crippen LogP contribution < -0.4 is 10.0 Å². The Bertz CT molecular complexity index is 1170. The Balaban J connectivity index is 1.33. The van der Waals surface area contributed by atoms with Gasteiger partial charge in [0, 0.05) is 53.7 Å². The monoisotopic (exact) mass is 509 g/mol. The van der Waals surface area contributed by atoms with Gasteiger partial charge in [-0.2, -0.15) is 0 Å². The van der Waals surface area contributed by atoms with Gasteiger partial charge in [-0.05, 0) is 99.5 Å². The number of aliphatic hydroxyl groups excluding tert-OH is 1. The summed E-state index contributed by atoms with van der Waals surface area (Å²) in [7, 11) is 1.89. The molecule has 0 unspecified atom stereocenters. The van der Waals surface area contributed by atoms with Gasteiger partial charge in [-0.3, -0.25) is 19.2 Å². The van der Waals surface area contributed by atoms with Crippen LogP contribution in [0.15, 0.2) is 23.1 Å². The highest BCUT2D eigenvalue weighted by molar-refractivity contribution is 7.97. The van der Waals surface area contributed by atoms with Gasteiger partial charge in [0.1, 0.15) is 6.61 Å². The Hall–Kier alpha value is -2.59. The second-order valence-electron chi connectivity index (χ2n) is 9.69. The molecule has 1 aromatic heterocycles. The number of amides is 2. The lowest BCUT2D eigenvalue weighted by molar-refractivity contribution is -0.135. The molecule has 9 heteroatoms. The van der Waals surface area contributed by atoms with E-state index in [0.29, 0.717) is 18.7 Å². The Morgan fingerprint density at radius 2 is 2.00 bits per heavy atom. The largest absolute Gasteiger partial charge is 0.387 e. The standard InChI is InChI=1S/C27H35N5O3S/c1-28-36-18-8-9-24-21(15-18)22(27(35)30-24)16-25-20(19-5-2-3-7-23(19)29-25)6-4-10-31-11-13-32(14-12-31)26(34)17-33/h8-9,15-16,28-29,33H,2-7,10-14,17H2,1H3,(H,30,35)/b22-16-. The summed E-state index contributed by atoms with van der Waals surface area (Å²) in [6.45, 7) is 3.62. The molecule has 0 saturated carbocycles. The molecule has 36 heavy (non-hydrogen) atoms. The van der Waals surface area contributed by atoms with Crippen molar-refractivity contribution in [1.29, 1.82) is 0 Å². The number of nitrogens with one attached hydrogen (secondary N) is 3. The number of aliphatic hydroxyl groups is 1. The lowest BCUT2D eigenvalue weighted by Crippen LogP contribution is -2.49. The van der Waals surface area contributed by atoms with Gasteiger partial charge >= 0.3 is 0 Å². The molecule has 2 amide bonds. The zero-order valence-electron chi connectivity index (χ0n) is 20.9. The molecule has 3 aliphatic rings. The average molecular weight is 510 g/mol. The molecule has 0 bridgehead atoms. The summed E-state index contributed by atoms with van der Waals surface area (Å²) in [6, 6.07) is 6.06. The first-order valence-corrected chi connectivity index (χ1v) is 13.7. The second kappa shape index (κ2) is 11.2. The SMILES string of the molecule is CNSc1ccc2c(c1)/C(=C/c1[nH]c3c(c1CCCN1CCN(C(=O)CO)CC1)CCCC3)C(=O)N2. The zero-order chi connectivity index (χ0) is 25.1. The number of benzene rings is 1. The number of hydrogen-bond acceptors (Lipinski definition) is 6. The lowest BCUT2D eigenvalue weighted by Gasteiger charge is -2.34. The molecule has 1 aromatic carbocycles. The number of hydrogen-bond donors (Lipinski definition) is 4. The number of piperazine rings is 1. The normalized spacial score (nSPS) is 18.9. The number of aryl methyl sites for hydroxylation is 1. The van der Waals surface area contributed by atoms with Gasteiger partial charge in [0.25, 0.3) is 5.91 Å². The van der Waals surface area contributed by atoms with Crippen LogP contribution >= 0.6 is 11.9 Å². The average Bonchev–Trinajstić information content (AvgIpc) is 3.41. The third-order valence-corrected chi connectivity index (χ3v) is 8.18. The van der Waals surface area contributed by atoms with Crippen molar-refractivity contribution in [3.8, 4) is 0 Å². The summed E-state index contributed by atoms with van der Waals surface area (Å²) >= 11 is 1.54. The first-order chi connectivity index (χ1) is 17.6. The van der Waals surface area contributed by atoms with E-state index in [0.717, 1.165) is 67.2 Å². The summed E-state index contributed by atoms with van der Waals surface area (Å²) < 4.78 is 3.11. The number of rotatable bonds is 8. The summed E-state index contributed by atoms with van der Waals surface area (Å²) in [5, 5.41) is 12.1. The highest BCUT2D eigenvalue weighted by Crippen LogP contribution is 2.37. The van der Waals surface area contributed by atoms with Gasteiger partial charge in [0.15, 0.2) is 0 Å². The molecule has 192 valence electrons. The van der Waals surface area contributed by atoms with Crippen molar-refractivity contribution in [2.24, 2.45) is 0 Å². The quantitative estimate of drug-likeness (QED) is 0.323. The number of anilines is 1. The third kappa shape index (κ3) is 5.25. The lowest BCUT2D eigenvalue weighted by atomic mass is 9.92. The number of aromatic amines is 1. The van der Waals surface area contributed by atoms with E-state index in [4.69, 9.17) is 5.11 Å². The van der Waals surface area contributed by atoms with Crippen LogP contribution in [-0.4, -0.2) is 78.1 Å². The van der Waals surface area contributed by atoms with Gasteiger partial charge in [-0.1, -0.05) is 0 Å². The molecule has 0 radical (unpaired) electrons. The van der Waals surface area contributed by atoms with Gasteiger partial charge < -0.3 is 20.3 Å². The Kier molecular flexibility index (Phi) is 7.81. The predicted molar refractivity (Wildman–Crippen MR) is 144 cm³/mol. The van der Waals surface area contributed by atoms with Crippen LogP contribution in [-0.2, 0) is 28.9 Å². The molecule has 8 nitrogen and oxygen atoms in total. The van der Waals surface area contributed by atoms with Gasteiger partial charge in [-0.25, -0.2) is 0 Å². The number of fused-ring (bicyclic) bond motifs is 2. The van der Waals surface area contributed by atoms with Gasteiger partial charge in [-0.15, -0.1) is 0 Å². The molecular weight excluding hydrogens is 474 g/mol. The van der Waals surface area contributed by atoms with E-state index >= 15 is 0 Å². The fourth-order valence-electron chi connectivity index (χ4n) is 5.62. The minimum Gasteiger partial charge on any atom is -0.387 e. The maximum atomic E-state index is 12.9. The smallest absolute Gasteiger partial charge is 0.256 e. The highest BCUT2D eigenvalue weighted by Gasteiger charge is 2.27. The van der Waals surface area contributed by atoms with Crippen molar-refractivity contribution in [2.45, 2.75) is 43.4 Å². The minimum absolute atomic E-state index is 0.0505. The number of carbonyl (C=O) groups is 2. The molecule has 0 spiro atoms. The van der Waals surface area contributed by atoms with Crippen LogP contribution in [0.1, 0.15) is 47.3 Å². The van der Waals surface area contributed by atoms with Crippen molar-refractivity contribution in [3.05, 3.63) is 46.3 Å². The van der Waals surface area contributed by atoms with E-state index in [9.17, 15) is 9.59 Å². The van der Waals surface area contributed by atoms with Gasteiger partial charge in [0.2, 0.25) is 5.91 Å². The second-order valence-corrected chi connectivity index (χ2v) is 10.8. The van der Waals surface area contributed by atoms with Crippen molar-refractivity contribution in [3.63, 3.8) is 0 Å². The molecule has 0 atom stereocenters. The van der Waals surface area contributed by atoms with E-state index in [1.807, 2.05) is 19.2 Å². The molecular formula is C27H35N5O3S. The number of aromatic nitrogens is 1. The Morgan fingerprint density at radius 3 is 2.78 bits per heavy atom. The van der Waals surface area contributed by atoms with Crippen LogP contribution in [0.5, 0.6) is 0 Å². The molecule has 4 N–H and O–H groups in total. The third-order valence-electron chi connectivity index (χ3n) is 7.49.